The van der Waals surface area contributed by atoms with Crippen LogP contribution in [0.1, 0.15) is 17.2 Å². The fourth-order valence-electron chi connectivity index (χ4n) is 2.79. The largest absolute Gasteiger partial charge is 0.491 e. The second-order valence-electron chi connectivity index (χ2n) is 4.96. The highest BCUT2D eigenvalue weighted by molar-refractivity contribution is 5.44. The number of fused-ring (bicyclic) bond motifs is 1. The van der Waals surface area contributed by atoms with E-state index in [1.165, 1.54) is 0 Å². The Morgan fingerprint density at radius 2 is 2.06 bits per heavy atom. The Labute approximate surface area is 107 Å². The number of para-hydroxylation sites is 1. The van der Waals surface area contributed by atoms with Crippen LogP contribution in [0.5, 0.6) is 5.75 Å². The number of hydrogen-bond acceptors (Lipinski definition) is 4. The topological polar surface area (TPSA) is 41.9 Å². The zero-order valence-electron chi connectivity index (χ0n) is 10.6. The van der Waals surface area contributed by atoms with Crippen LogP contribution in [-0.2, 0) is 4.74 Å². The van der Waals surface area contributed by atoms with Crippen LogP contribution in [0.15, 0.2) is 18.2 Å². The normalized spacial score (nSPS) is 28.6. The molecule has 1 aromatic rings. The van der Waals surface area contributed by atoms with E-state index in [0.29, 0.717) is 6.61 Å². The molecular weight excluding hydrogens is 230 g/mol. The van der Waals surface area contributed by atoms with Crippen molar-refractivity contribution in [2.45, 2.75) is 19.1 Å². The monoisotopic (exact) mass is 249 g/mol. The van der Waals surface area contributed by atoms with Crippen LogP contribution in [-0.4, -0.2) is 49.0 Å². The van der Waals surface area contributed by atoms with Crippen molar-refractivity contribution in [3.8, 4) is 5.75 Å². The fourth-order valence-corrected chi connectivity index (χ4v) is 2.79. The number of aliphatic hydroxyl groups excluding tert-OH is 1. The summed E-state index contributed by atoms with van der Waals surface area (Å²) in [6, 6.07) is 5.99. The summed E-state index contributed by atoms with van der Waals surface area (Å²) >= 11 is 0. The number of benzene rings is 1. The molecule has 1 saturated heterocycles. The van der Waals surface area contributed by atoms with Crippen LogP contribution in [0.25, 0.3) is 0 Å². The summed E-state index contributed by atoms with van der Waals surface area (Å²) < 4.78 is 11.2. The van der Waals surface area contributed by atoms with E-state index >= 15 is 0 Å². The maximum absolute atomic E-state index is 10.5. The van der Waals surface area contributed by atoms with Gasteiger partial charge in [-0.15, -0.1) is 0 Å². The summed E-state index contributed by atoms with van der Waals surface area (Å²) in [7, 11) is 0. The third-order valence-electron chi connectivity index (χ3n) is 3.84. The summed E-state index contributed by atoms with van der Waals surface area (Å²) in [6.45, 7) is 5.78. The van der Waals surface area contributed by atoms with Gasteiger partial charge in [-0.2, -0.15) is 0 Å². The van der Waals surface area contributed by atoms with Crippen molar-refractivity contribution >= 4 is 0 Å². The Morgan fingerprint density at radius 1 is 1.28 bits per heavy atom. The molecule has 0 amide bonds. The molecule has 4 heteroatoms. The van der Waals surface area contributed by atoms with Crippen LogP contribution >= 0.6 is 0 Å². The molecule has 1 aromatic carbocycles. The minimum atomic E-state index is -0.466. The Hall–Kier alpha value is -1.10. The molecule has 1 fully saturated rings. The smallest absolute Gasteiger partial charge is 0.128 e. The number of morpholine rings is 1. The van der Waals surface area contributed by atoms with Crippen molar-refractivity contribution in [2.24, 2.45) is 0 Å². The third kappa shape index (κ3) is 2.00. The first-order valence-corrected chi connectivity index (χ1v) is 6.49. The molecule has 0 aromatic heterocycles. The standard InChI is InChI=1S/C14H19NO3/c1-10-3-2-4-11-13(16)12(9-18-14(10)11)15-5-7-17-8-6-15/h2-4,12-13,16H,5-9H2,1H3. The Kier molecular flexibility index (Phi) is 3.24. The van der Waals surface area contributed by atoms with Gasteiger partial charge in [0.2, 0.25) is 0 Å². The van der Waals surface area contributed by atoms with E-state index < -0.39 is 6.10 Å². The van der Waals surface area contributed by atoms with Gasteiger partial charge in [0.05, 0.1) is 19.3 Å². The first-order chi connectivity index (χ1) is 8.77. The molecule has 18 heavy (non-hydrogen) atoms. The highest BCUT2D eigenvalue weighted by atomic mass is 16.5. The van der Waals surface area contributed by atoms with Gasteiger partial charge in [0.15, 0.2) is 0 Å². The zero-order chi connectivity index (χ0) is 12.5. The van der Waals surface area contributed by atoms with Crippen LogP contribution < -0.4 is 4.74 Å². The minimum absolute atomic E-state index is 0.0446. The van der Waals surface area contributed by atoms with E-state index in [1.54, 1.807) is 0 Å². The second-order valence-corrected chi connectivity index (χ2v) is 4.96. The minimum Gasteiger partial charge on any atom is -0.491 e. The molecule has 2 aliphatic heterocycles. The summed E-state index contributed by atoms with van der Waals surface area (Å²) in [5.41, 5.74) is 2.00. The first-order valence-electron chi connectivity index (χ1n) is 6.49. The maximum Gasteiger partial charge on any atom is 0.128 e. The van der Waals surface area contributed by atoms with Crippen molar-refractivity contribution in [2.75, 3.05) is 32.9 Å². The molecule has 0 radical (unpaired) electrons. The number of aryl methyl sites for hydroxylation is 1. The van der Waals surface area contributed by atoms with E-state index in [-0.39, 0.29) is 6.04 Å². The number of hydrogen-bond donors (Lipinski definition) is 1. The van der Waals surface area contributed by atoms with Crippen LogP contribution in [0.4, 0.5) is 0 Å². The Bertz CT molecular complexity index is 429. The molecule has 2 heterocycles. The fraction of sp³-hybridized carbons (Fsp3) is 0.571. The lowest BCUT2D eigenvalue weighted by Gasteiger charge is -2.40. The van der Waals surface area contributed by atoms with Gasteiger partial charge < -0.3 is 14.6 Å². The van der Waals surface area contributed by atoms with Gasteiger partial charge >= 0.3 is 0 Å². The summed E-state index contributed by atoms with van der Waals surface area (Å²) in [4.78, 5) is 2.26. The van der Waals surface area contributed by atoms with E-state index in [1.807, 2.05) is 25.1 Å². The SMILES string of the molecule is Cc1cccc2c1OCC(N1CCOCC1)C2O. The van der Waals surface area contributed by atoms with Gasteiger partial charge in [-0.25, -0.2) is 0 Å². The Morgan fingerprint density at radius 3 is 2.83 bits per heavy atom. The molecule has 4 nitrogen and oxygen atoms in total. The number of rotatable bonds is 1. The molecule has 3 rings (SSSR count). The van der Waals surface area contributed by atoms with Crippen LogP contribution in [0, 0.1) is 6.92 Å². The van der Waals surface area contributed by atoms with Gasteiger partial charge in [-0.3, -0.25) is 4.90 Å². The Balaban J connectivity index is 1.84. The van der Waals surface area contributed by atoms with Crippen LogP contribution in [0.2, 0.25) is 0 Å². The van der Waals surface area contributed by atoms with Gasteiger partial charge in [0.25, 0.3) is 0 Å². The number of nitrogens with zero attached hydrogens (tertiary/aromatic N) is 1. The molecule has 1 N–H and O–H groups in total. The second kappa shape index (κ2) is 4.88. The van der Waals surface area contributed by atoms with Crippen molar-refractivity contribution in [3.05, 3.63) is 29.3 Å². The molecule has 0 aliphatic carbocycles. The molecule has 0 spiro atoms. The first kappa shape index (κ1) is 12.0. The lowest BCUT2D eigenvalue weighted by molar-refractivity contribution is -0.0455. The number of ether oxygens (including phenoxy) is 2. The van der Waals surface area contributed by atoms with E-state index in [4.69, 9.17) is 9.47 Å². The predicted molar refractivity (Wildman–Crippen MR) is 67.8 cm³/mol. The quantitative estimate of drug-likeness (QED) is 0.810. The van der Waals surface area contributed by atoms with Crippen molar-refractivity contribution in [1.29, 1.82) is 0 Å². The van der Waals surface area contributed by atoms with E-state index in [2.05, 4.69) is 4.90 Å². The van der Waals surface area contributed by atoms with Gasteiger partial charge in [-0.05, 0) is 12.5 Å². The van der Waals surface area contributed by atoms with E-state index in [9.17, 15) is 5.11 Å². The van der Waals surface area contributed by atoms with Gasteiger partial charge in [-0.1, -0.05) is 18.2 Å². The molecule has 0 bridgehead atoms. The molecule has 2 atom stereocenters. The van der Waals surface area contributed by atoms with Gasteiger partial charge in [0.1, 0.15) is 18.5 Å². The molecule has 98 valence electrons. The van der Waals surface area contributed by atoms with Crippen LogP contribution in [0.3, 0.4) is 0 Å². The van der Waals surface area contributed by atoms with Gasteiger partial charge in [0, 0.05) is 18.7 Å². The molecule has 0 saturated carbocycles. The highest BCUT2D eigenvalue weighted by Crippen LogP contribution is 2.36. The lowest BCUT2D eigenvalue weighted by Crippen LogP contribution is -2.50. The third-order valence-corrected chi connectivity index (χ3v) is 3.84. The molecule has 2 aliphatic rings. The average molecular weight is 249 g/mol. The van der Waals surface area contributed by atoms with E-state index in [0.717, 1.165) is 43.2 Å². The molecular formula is C14H19NO3. The summed E-state index contributed by atoms with van der Waals surface area (Å²) in [6.07, 6.45) is -0.466. The lowest BCUT2D eigenvalue weighted by atomic mass is 9.95. The summed E-state index contributed by atoms with van der Waals surface area (Å²) in [5.74, 6) is 0.856. The van der Waals surface area contributed by atoms with Crippen molar-refractivity contribution in [1.82, 2.24) is 4.90 Å². The maximum atomic E-state index is 10.5. The summed E-state index contributed by atoms with van der Waals surface area (Å²) in [5, 5.41) is 10.5. The van der Waals surface area contributed by atoms with Crippen molar-refractivity contribution < 1.29 is 14.6 Å². The van der Waals surface area contributed by atoms with Crippen molar-refractivity contribution in [3.63, 3.8) is 0 Å². The highest BCUT2D eigenvalue weighted by Gasteiger charge is 2.34. The molecule has 2 unspecified atom stereocenters. The predicted octanol–water partition coefficient (Wildman–Crippen LogP) is 1.12. The number of aliphatic hydroxyl groups is 1. The zero-order valence-corrected chi connectivity index (χ0v) is 10.6. The average Bonchev–Trinajstić information content (AvgIpc) is 2.41.